The summed E-state index contributed by atoms with van der Waals surface area (Å²) in [6.45, 7) is 3.44. The fourth-order valence-electron chi connectivity index (χ4n) is 3.15. The molecule has 0 aliphatic carbocycles. The zero-order chi connectivity index (χ0) is 16.4. The summed E-state index contributed by atoms with van der Waals surface area (Å²) < 4.78 is 13.2. The van der Waals surface area contributed by atoms with Crippen molar-refractivity contribution in [1.82, 2.24) is 15.5 Å². The van der Waals surface area contributed by atoms with Gasteiger partial charge in [-0.25, -0.2) is 4.39 Å². The van der Waals surface area contributed by atoms with Crippen LogP contribution in [0.1, 0.15) is 37.8 Å². The molecule has 0 bridgehead atoms. The maximum absolute atomic E-state index is 13.2. The Kier molecular flexibility index (Phi) is 4.61. The summed E-state index contributed by atoms with van der Waals surface area (Å²) in [7, 11) is 0. The van der Waals surface area contributed by atoms with Crippen molar-refractivity contribution < 1.29 is 9.18 Å². The quantitative estimate of drug-likeness (QED) is 0.817. The van der Waals surface area contributed by atoms with Crippen LogP contribution < -0.4 is 10.6 Å². The van der Waals surface area contributed by atoms with Crippen molar-refractivity contribution in [2.24, 2.45) is 0 Å². The molecule has 1 fully saturated rings. The van der Waals surface area contributed by atoms with E-state index in [1.165, 1.54) is 18.6 Å². The lowest BCUT2D eigenvalue weighted by Crippen LogP contribution is -2.48. The summed E-state index contributed by atoms with van der Waals surface area (Å²) >= 11 is 5.23. The monoisotopic (exact) mass is 333 g/mol. The van der Waals surface area contributed by atoms with Crippen LogP contribution in [-0.2, 0) is 4.79 Å². The molecule has 0 aromatic heterocycles. The first-order valence-electron chi connectivity index (χ1n) is 7.89. The minimum absolute atomic E-state index is 0.0269. The number of rotatable bonds is 2. The van der Waals surface area contributed by atoms with Crippen LogP contribution in [0, 0.1) is 5.82 Å². The van der Waals surface area contributed by atoms with Gasteiger partial charge in [-0.1, -0.05) is 12.1 Å². The SMILES string of the molecule is CC1=C(C(=O)N2CCCCC2)C(c2ccc(F)cc2)NC(=S)N1. The summed E-state index contributed by atoms with van der Waals surface area (Å²) in [5.74, 6) is -0.270. The number of nitrogens with one attached hydrogen (secondary N) is 2. The van der Waals surface area contributed by atoms with Gasteiger partial charge in [-0.3, -0.25) is 4.79 Å². The van der Waals surface area contributed by atoms with Crippen LogP contribution in [0.4, 0.5) is 4.39 Å². The van der Waals surface area contributed by atoms with Gasteiger partial charge in [-0.15, -0.1) is 0 Å². The van der Waals surface area contributed by atoms with Gasteiger partial charge < -0.3 is 15.5 Å². The van der Waals surface area contributed by atoms with E-state index in [0.29, 0.717) is 10.7 Å². The Labute approximate surface area is 140 Å². The first-order valence-corrected chi connectivity index (χ1v) is 8.30. The maximum Gasteiger partial charge on any atom is 0.253 e. The minimum atomic E-state index is -0.348. The molecule has 0 radical (unpaired) electrons. The number of halogens is 1. The second kappa shape index (κ2) is 6.66. The van der Waals surface area contributed by atoms with E-state index in [4.69, 9.17) is 12.2 Å². The highest BCUT2D eigenvalue weighted by Gasteiger charge is 2.32. The standard InChI is InChI=1S/C17H20FN3OS/c1-11-14(16(22)21-9-3-2-4-10-21)15(20-17(23)19-11)12-5-7-13(18)8-6-12/h5-8,15H,2-4,9-10H2,1H3,(H2,19,20,23). The van der Waals surface area contributed by atoms with E-state index in [0.717, 1.165) is 37.2 Å². The van der Waals surface area contributed by atoms with Crippen LogP contribution in [0.5, 0.6) is 0 Å². The summed E-state index contributed by atoms with van der Waals surface area (Å²) in [6, 6.07) is 5.84. The molecule has 4 nitrogen and oxygen atoms in total. The third-order valence-electron chi connectivity index (χ3n) is 4.35. The molecule has 0 spiro atoms. The molecule has 2 N–H and O–H groups in total. The van der Waals surface area contributed by atoms with Crippen molar-refractivity contribution in [3.63, 3.8) is 0 Å². The van der Waals surface area contributed by atoms with E-state index in [2.05, 4.69) is 10.6 Å². The topological polar surface area (TPSA) is 44.4 Å². The number of nitrogens with zero attached hydrogens (tertiary/aromatic N) is 1. The molecule has 122 valence electrons. The summed E-state index contributed by atoms with van der Waals surface area (Å²) in [5.41, 5.74) is 2.25. The number of likely N-dealkylation sites (tertiary alicyclic amines) is 1. The van der Waals surface area contributed by atoms with Crippen molar-refractivity contribution in [1.29, 1.82) is 0 Å². The lowest BCUT2D eigenvalue weighted by molar-refractivity contribution is -0.128. The minimum Gasteiger partial charge on any atom is -0.351 e. The van der Waals surface area contributed by atoms with E-state index >= 15 is 0 Å². The highest BCUT2D eigenvalue weighted by molar-refractivity contribution is 7.80. The first kappa shape index (κ1) is 15.9. The highest BCUT2D eigenvalue weighted by atomic mass is 32.1. The van der Waals surface area contributed by atoms with E-state index in [9.17, 15) is 9.18 Å². The largest absolute Gasteiger partial charge is 0.351 e. The van der Waals surface area contributed by atoms with Crippen LogP contribution in [0.15, 0.2) is 35.5 Å². The maximum atomic E-state index is 13.2. The molecule has 1 atom stereocenters. The van der Waals surface area contributed by atoms with Gasteiger partial charge in [-0.05, 0) is 56.1 Å². The number of carbonyl (C=O) groups is 1. The van der Waals surface area contributed by atoms with Crippen LogP contribution in [0.2, 0.25) is 0 Å². The number of hydrogen-bond acceptors (Lipinski definition) is 2. The number of carbonyl (C=O) groups excluding carboxylic acids is 1. The second-order valence-electron chi connectivity index (χ2n) is 5.97. The van der Waals surface area contributed by atoms with Gasteiger partial charge in [0.2, 0.25) is 0 Å². The lowest BCUT2D eigenvalue weighted by Gasteiger charge is -2.35. The molecular formula is C17H20FN3OS. The van der Waals surface area contributed by atoms with Crippen molar-refractivity contribution in [2.75, 3.05) is 13.1 Å². The summed E-state index contributed by atoms with van der Waals surface area (Å²) in [4.78, 5) is 14.9. The Balaban J connectivity index is 1.95. The number of amides is 1. The van der Waals surface area contributed by atoms with Crippen LogP contribution in [0.3, 0.4) is 0 Å². The Bertz CT molecular complexity index is 650. The zero-order valence-corrected chi connectivity index (χ0v) is 13.9. The Hall–Kier alpha value is -1.95. The Morgan fingerprint density at radius 2 is 1.87 bits per heavy atom. The van der Waals surface area contributed by atoms with Gasteiger partial charge in [0.05, 0.1) is 11.6 Å². The molecule has 1 saturated heterocycles. The summed E-state index contributed by atoms with van der Waals surface area (Å²) in [5, 5.41) is 6.66. The fraction of sp³-hybridized carbons (Fsp3) is 0.412. The molecule has 1 unspecified atom stereocenters. The third-order valence-corrected chi connectivity index (χ3v) is 4.57. The average Bonchev–Trinajstić information content (AvgIpc) is 2.55. The predicted octanol–water partition coefficient (Wildman–Crippen LogP) is 2.63. The van der Waals surface area contributed by atoms with Crippen LogP contribution >= 0.6 is 12.2 Å². The number of allylic oxidation sites excluding steroid dienone is 1. The Morgan fingerprint density at radius 1 is 1.22 bits per heavy atom. The van der Waals surface area contributed by atoms with Crippen molar-refractivity contribution >= 4 is 23.2 Å². The molecule has 6 heteroatoms. The molecular weight excluding hydrogens is 313 g/mol. The molecule has 1 aromatic rings. The van der Waals surface area contributed by atoms with Crippen molar-refractivity contribution in [3.8, 4) is 0 Å². The highest BCUT2D eigenvalue weighted by Crippen LogP contribution is 2.29. The van der Waals surface area contributed by atoms with Gasteiger partial charge in [0.25, 0.3) is 5.91 Å². The van der Waals surface area contributed by atoms with E-state index in [1.807, 2.05) is 11.8 Å². The number of piperidine rings is 1. The second-order valence-corrected chi connectivity index (χ2v) is 6.38. The molecule has 23 heavy (non-hydrogen) atoms. The number of benzene rings is 1. The van der Waals surface area contributed by atoms with Gasteiger partial charge >= 0.3 is 0 Å². The first-order chi connectivity index (χ1) is 11.1. The molecule has 3 rings (SSSR count). The molecule has 1 aromatic carbocycles. The van der Waals surface area contributed by atoms with Crippen molar-refractivity contribution in [2.45, 2.75) is 32.2 Å². The van der Waals surface area contributed by atoms with Gasteiger partial charge in [0, 0.05) is 18.8 Å². The van der Waals surface area contributed by atoms with E-state index in [1.54, 1.807) is 12.1 Å². The number of thiocarbonyl (C=S) groups is 1. The third kappa shape index (κ3) is 3.37. The van der Waals surface area contributed by atoms with Gasteiger partial charge in [0.15, 0.2) is 5.11 Å². The normalized spacial score (nSPS) is 21.7. The van der Waals surface area contributed by atoms with E-state index < -0.39 is 0 Å². The molecule has 2 heterocycles. The van der Waals surface area contributed by atoms with E-state index in [-0.39, 0.29) is 17.8 Å². The van der Waals surface area contributed by atoms with Crippen molar-refractivity contribution in [3.05, 3.63) is 46.9 Å². The van der Waals surface area contributed by atoms with Gasteiger partial charge in [-0.2, -0.15) is 0 Å². The Morgan fingerprint density at radius 3 is 2.52 bits per heavy atom. The van der Waals surface area contributed by atoms with Gasteiger partial charge in [0.1, 0.15) is 5.82 Å². The number of hydrogen-bond donors (Lipinski definition) is 2. The van der Waals surface area contributed by atoms with Crippen LogP contribution in [0.25, 0.3) is 0 Å². The molecule has 0 saturated carbocycles. The predicted molar refractivity (Wildman–Crippen MR) is 91.1 cm³/mol. The molecule has 2 aliphatic heterocycles. The average molecular weight is 333 g/mol. The lowest BCUT2D eigenvalue weighted by atomic mass is 9.94. The smallest absolute Gasteiger partial charge is 0.253 e. The fourth-order valence-corrected chi connectivity index (χ4v) is 3.42. The molecule has 2 aliphatic rings. The molecule has 1 amide bonds. The summed E-state index contributed by atoms with van der Waals surface area (Å²) in [6.07, 6.45) is 3.25. The zero-order valence-electron chi connectivity index (χ0n) is 13.1. The van der Waals surface area contributed by atoms with Crippen LogP contribution in [-0.4, -0.2) is 29.0 Å².